The summed E-state index contributed by atoms with van der Waals surface area (Å²) in [4.78, 5) is 18.4. The van der Waals surface area contributed by atoms with Crippen molar-refractivity contribution in [3.8, 4) is 0 Å². The van der Waals surface area contributed by atoms with Crippen LogP contribution in [-0.4, -0.2) is 34.0 Å². The molecule has 1 saturated heterocycles. The van der Waals surface area contributed by atoms with E-state index >= 15 is 0 Å². The Morgan fingerprint density at radius 1 is 1.27 bits per heavy atom. The molecular weight excluding hydrogens is 347 g/mol. The van der Waals surface area contributed by atoms with Gasteiger partial charge in [-0.2, -0.15) is 4.98 Å². The van der Waals surface area contributed by atoms with Crippen LogP contribution in [-0.2, 0) is 0 Å². The fraction of sp³-hybridized carbons (Fsp3) is 0.500. The monoisotopic (exact) mass is 367 g/mol. The van der Waals surface area contributed by atoms with Gasteiger partial charge in [0.2, 0.25) is 5.89 Å². The lowest BCUT2D eigenvalue weighted by atomic mass is 9.95. The molecule has 1 aromatic heterocycles. The lowest BCUT2D eigenvalue weighted by Gasteiger charge is -2.30. The molecule has 8 heteroatoms. The van der Waals surface area contributed by atoms with Crippen molar-refractivity contribution in [1.82, 2.24) is 15.0 Å². The summed E-state index contributed by atoms with van der Waals surface area (Å²) in [7, 11) is 0. The molecule has 0 radical (unpaired) electrons. The Bertz CT molecular complexity index is 784. The maximum atomic E-state index is 14.2. The SMILES string of the molecule is CC(C)c1nc(C2CCN(C(=O)c3cccc(C(F)F)c3F)CC2)no1. The third-order valence-electron chi connectivity index (χ3n) is 4.59. The van der Waals surface area contributed by atoms with Gasteiger partial charge in [0.05, 0.1) is 11.1 Å². The van der Waals surface area contributed by atoms with Crippen LogP contribution in [0.4, 0.5) is 13.2 Å². The number of hydrogen-bond acceptors (Lipinski definition) is 4. The Morgan fingerprint density at radius 2 is 1.96 bits per heavy atom. The highest BCUT2D eigenvalue weighted by Gasteiger charge is 2.30. The van der Waals surface area contributed by atoms with Gasteiger partial charge in [0, 0.05) is 24.9 Å². The second-order valence-electron chi connectivity index (χ2n) is 6.72. The summed E-state index contributed by atoms with van der Waals surface area (Å²) in [5.74, 6) is -0.319. The summed E-state index contributed by atoms with van der Waals surface area (Å²) in [6.45, 7) is 4.68. The molecule has 5 nitrogen and oxygen atoms in total. The maximum Gasteiger partial charge on any atom is 0.266 e. The van der Waals surface area contributed by atoms with Crippen molar-refractivity contribution in [2.45, 2.75) is 45.0 Å². The quantitative estimate of drug-likeness (QED) is 0.809. The zero-order valence-electron chi connectivity index (χ0n) is 14.6. The van der Waals surface area contributed by atoms with Crippen LogP contribution in [0.5, 0.6) is 0 Å². The number of likely N-dealkylation sites (tertiary alicyclic amines) is 1. The van der Waals surface area contributed by atoms with Gasteiger partial charge in [0.25, 0.3) is 12.3 Å². The molecule has 140 valence electrons. The number of carbonyl (C=O) groups excluding carboxylic acids is 1. The number of carbonyl (C=O) groups is 1. The fourth-order valence-electron chi connectivity index (χ4n) is 3.04. The Balaban J connectivity index is 1.68. The molecule has 1 amide bonds. The van der Waals surface area contributed by atoms with Crippen molar-refractivity contribution in [3.05, 3.63) is 46.9 Å². The molecule has 0 saturated carbocycles. The largest absolute Gasteiger partial charge is 0.339 e. The number of halogens is 3. The third kappa shape index (κ3) is 3.59. The van der Waals surface area contributed by atoms with Crippen LogP contribution in [0.2, 0.25) is 0 Å². The highest BCUT2D eigenvalue weighted by Crippen LogP contribution is 2.29. The van der Waals surface area contributed by atoms with E-state index in [2.05, 4.69) is 10.1 Å². The minimum Gasteiger partial charge on any atom is -0.339 e. The first-order valence-corrected chi connectivity index (χ1v) is 8.57. The van der Waals surface area contributed by atoms with Crippen molar-refractivity contribution in [1.29, 1.82) is 0 Å². The molecule has 1 aromatic carbocycles. The average Bonchev–Trinajstić information content (AvgIpc) is 3.12. The van der Waals surface area contributed by atoms with Gasteiger partial charge < -0.3 is 9.42 Å². The van der Waals surface area contributed by atoms with Crippen molar-refractivity contribution >= 4 is 5.91 Å². The molecule has 1 aliphatic rings. The summed E-state index contributed by atoms with van der Waals surface area (Å²) >= 11 is 0. The molecular formula is C18H20F3N3O2. The van der Waals surface area contributed by atoms with Gasteiger partial charge in [0.15, 0.2) is 5.82 Å². The van der Waals surface area contributed by atoms with Gasteiger partial charge in [0.1, 0.15) is 5.82 Å². The molecule has 1 fully saturated rings. The van der Waals surface area contributed by atoms with E-state index in [1.54, 1.807) is 0 Å². The number of aromatic nitrogens is 2. The van der Waals surface area contributed by atoms with Crippen LogP contribution in [0.1, 0.15) is 72.6 Å². The zero-order valence-corrected chi connectivity index (χ0v) is 14.6. The van der Waals surface area contributed by atoms with Crippen LogP contribution in [0, 0.1) is 5.82 Å². The lowest BCUT2D eigenvalue weighted by molar-refractivity contribution is 0.0704. The summed E-state index contributed by atoms with van der Waals surface area (Å²) in [6, 6.07) is 3.51. The molecule has 3 rings (SSSR count). The molecule has 0 unspecified atom stereocenters. The van der Waals surface area contributed by atoms with Crippen molar-refractivity contribution in [3.63, 3.8) is 0 Å². The molecule has 0 atom stereocenters. The normalized spacial score (nSPS) is 15.9. The fourth-order valence-corrected chi connectivity index (χ4v) is 3.04. The smallest absolute Gasteiger partial charge is 0.266 e. The minimum atomic E-state index is -2.96. The van der Waals surface area contributed by atoms with Crippen molar-refractivity contribution in [2.24, 2.45) is 0 Å². The van der Waals surface area contributed by atoms with Gasteiger partial charge in [-0.15, -0.1) is 0 Å². The summed E-state index contributed by atoms with van der Waals surface area (Å²) in [5.41, 5.74) is -1.07. The molecule has 0 spiro atoms. The second kappa shape index (κ2) is 7.47. The van der Waals surface area contributed by atoms with Crippen LogP contribution >= 0.6 is 0 Å². The molecule has 26 heavy (non-hydrogen) atoms. The van der Waals surface area contributed by atoms with Crippen molar-refractivity contribution in [2.75, 3.05) is 13.1 Å². The molecule has 1 aliphatic heterocycles. The van der Waals surface area contributed by atoms with E-state index in [0.717, 1.165) is 6.07 Å². The van der Waals surface area contributed by atoms with Crippen LogP contribution in [0.25, 0.3) is 0 Å². The molecule has 2 aromatic rings. The Labute approximate surface area is 149 Å². The number of amides is 1. The lowest BCUT2D eigenvalue weighted by Crippen LogP contribution is -2.38. The van der Waals surface area contributed by atoms with E-state index < -0.39 is 23.7 Å². The highest BCUT2D eigenvalue weighted by atomic mass is 19.3. The van der Waals surface area contributed by atoms with Crippen molar-refractivity contribution < 1.29 is 22.5 Å². The Kier molecular flexibility index (Phi) is 5.29. The number of rotatable bonds is 4. The van der Waals surface area contributed by atoms with Gasteiger partial charge >= 0.3 is 0 Å². The number of piperidine rings is 1. The standard InChI is InChI=1S/C18H20F3N3O2/c1-10(2)17-22-16(23-26-17)11-6-8-24(9-7-11)18(25)13-5-3-4-12(14(13)19)15(20)21/h3-5,10-11,15H,6-9H2,1-2H3. The number of alkyl halides is 2. The van der Waals surface area contributed by atoms with Crippen LogP contribution < -0.4 is 0 Å². The predicted octanol–water partition coefficient (Wildman–Crippen LogP) is 4.29. The summed E-state index contributed by atoms with van der Waals surface area (Å²) < 4.78 is 45.0. The number of hydrogen-bond donors (Lipinski definition) is 0. The average molecular weight is 367 g/mol. The Hall–Kier alpha value is -2.38. The first-order chi connectivity index (χ1) is 12.4. The van der Waals surface area contributed by atoms with Crippen LogP contribution in [0.3, 0.4) is 0 Å². The first-order valence-electron chi connectivity index (χ1n) is 8.57. The van der Waals surface area contributed by atoms with Crippen LogP contribution in [0.15, 0.2) is 22.7 Å². The topological polar surface area (TPSA) is 59.2 Å². The molecule has 0 N–H and O–H groups in total. The van der Waals surface area contributed by atoms with E-state index in [4.69, 9.17) is 4.52 Å². The van der Waals surface area contributed by atoms with Gasteiger partial charge in [-0.05, 0) is 18.9 Å². The maximum absolute atomic E-state index is 14.2. The highest BCUT2D eigenvalue weighted by molar-refractivity contribution is 5.94. The van der Waals surface area contributed by atoms with E-state index in [1.807, 2.05) is 13.8 Å². The summed E-state index contributed by atoms with van der Waals surface area (Å²) in [5, 5.41) is 4.00. The van der Waals surface area contributed by atoms with E-state index in [9.17, 15) is 18.0 Å². The van der Waals surface area contributed by atoms with E-state index in [0.29, 0.717) is 37.6 Å². The molecule has 0 aliphatic carbocycles. The van der Waals surface area contributed by atoms with E-state index in [1.165, 1.54) is 17.0 Å². The molecule has 0 bridgehead atoms. The minimum absolute atomic E-state index is 0.0625. The van der Waals surface area contributed by atoms with E-state index in [-0.39, 0.29) is 17.4 Å². The van der Waals surface area contributed by atoms with Gasteiger partial charge in [-0.3, -0.25) is 4.79 Å². The Morgan fingerprint density at radius 3 is 2.54 bits per heavy atom. The third-order valence-corrected chi connectivity index (χ3v) is 4.59. The molecule has 2 heterocycles. The number of nitrogens with zero attached hydrogens (tertiary/aromatic N) is 3. The zero-order chi connectivity index (χ0) is 18.8. The summed E-state index contributed by atoms with van der Waals surface area (Å²) in [6.07, 6.45) is -1.74. The second-order valence-corrected chi connectivity index (χ2v) is 6.72. The first kappa shape index (κ1) is 18.4. The predicted molar refractivity (Wildman–Crippen MR) is 87.6 cm³/mol. The number of benzene rings is 1. The van der Waals surface area contributed by atoms with Gasteiger partial charge in [-0.1, -0.05) is 31.1 Å². The van der Waals surface area contributed by atoms with Gasteiger partial charge in [-0.25, -0.2) is 13.2 Å².